The molecule has 0 saturated heterocycles. The van der Waals surface area contributed by atoms with Gasteiger partial charge in [0.2, 0.25) is 0 Å². The molecule has 0 heterocycles. The predicted octanol–water partition coefficient (Wildman–Crippen LogP) is 13.9. The molecule has 0 aromatic heterocycles. The maximum absolute atomic E-state index is 3.91. The molecule has 0 N–H and O–H groups in total. The Labute approximate surface area is 255 Å². The van der Waals surface area contributed by atoms with Crippen LogP contribution in [0.25, 0.3) is 0 Å². The molecule has 0 aromatic carbocycles. The minimum atomic E-state index is 1.10. The van der Waals surface area contributed by atoms with Crippen molar-refractivity contribution in [2.45, 2.75) is 218 Å². The maximum atomic E-state index is 3.91. The van der Waals surface area contributed by atoms with Crippen molar-refractivity contribution < 1.29 is 0 Å². The van der Waals surface area contributed by atoms with E-state index in [1.54, 1.807) is 0 Å². The monoisotopic (exact) mass is 553 g/mol. The third kappa shape index (κ3) is 37.1. The minimum Gasteiger partial charge on any atom is -0.103 e. The summed E-state index contributed by atoms with van der Waals surface area (Å²) in [6.45, 7) is 7.82. The van der Waals surface area contributed by atoms with Crippen LogP contribution in [0.2, 0.25) is 0 Å². The average Bonchev–Trinajstić information content (AvgIpc) is 2.97. The topological polar surface area (TPSA) is 0 Å². The smallest absolute Gasteiger partial charge is 0.00886 e. The van der Waals surface area contributed by atoms with Gasteiger partial charge in [-0.1, -0.05) is 181 Å². The number of hydrogen-bond donors (Lipinski definition) is 0. The largest absolute Gasteiger partial charge is 0.103 e. The molecular formula is C40H72. The van der Waals surface area contributed by atoms with Crippen molar-refractivity contribution in [3.8, 4) is 23.7 Å². The lowest BCUT2D eigenvalue weighted by Gasteiger charge is -2.03. The van der Waals surface area contributed by atoms with E-state index in [-0.39, 0.29) is 0 Å². The Hall–Kier alpha value is -0.880. The van der Waals surface area contributed by atoms with Crippen LogP contribution in [0.1, 0.15) is 218 Å². The molecule has 0 unspecified atom stereocenters. The highest BCUT2D eigenvalue weighted by atomic mass is 14.0. The number of rotatable bonds is 31. The molecule has 0 amide bonds. The highest BCUT2D eigenvalue weighted by molar-refractivity contribution is 4.99. The Morgan fingerprint density at radius 2 is 0.350 bits per heavy atom. The lowest BCUT2D eigenvalue weighted by atomic mass is 10.0. The van der Waals surface area contributed by atoms with Crippen LogP contribution in [0.3, 0.4) is 0 Å². The zero-order valence-corrected chi connectivity index (χ0v) is 27.5. The molecule has 0 aliphatic rings. The SMILES string of the molecule is [CH2]CCCCCCCCC#CCCCCCCCCCCCCCCCCCC#CCCCCCCCCC[CH2]. The molecule has 0 saturated carbocycles. The Morgan fingerprint density at radius 3 is 0.525 bits per heavy atom. The quantitative estimate of drug-likeness (QED) is 0.0592. The van der Waals surface area contributed by atoms with Crippen LogP contribution in [-0.2, 0) is 0 Å². The lowest BCUT2D eigenvalue weighted by Crippen LogP contribution is -1.83. The third-order valence-electron chi connectivity index (χ3n) is 8.21. The van der Waals surface area contributed by atoms with E-state index in [1.807, 2.05) is 0 Å². The van der Waals surface area contributed by atoms with E-state index in [1.165, 1.54) is 180 Å². The molecular weight excluding hydrogens is 480 g/mol. The van der Waals surface area contributed by atoms with Gasteiger partial charge in [0.25, 0.3) is 0 Å². The van der Waals surface area contributed by atoms with E-state index in [2.05, 4.69) is 37.5 Å². The molecule has 0 aromatic rings. The highest BCUT2D eigenvalue weighted by Crippen LogP contribution is 2.14. The van der Waals surface area contributed by atoms with Crippen LogP contribution in [-0.4, -0.2) is 0 Å². The minimum absolute atomic E-state index is 1.10. The first-order valence-electron chi connectivity index (χ1n) is 18.4. The molecule has 232 valence electrons. The molecule has 0 aliphatic heterocycles. The first-order valence-corrected chi connectivity index (χ1v) is 18.4. The van der Waals surface area contributed by atoms with Crippen molar-refractivity contribution in [1.82, 2.24) is 0 Å². The summed E-state index contributed by atoms with van der Waals surface area (Å²) in [6, 6.07) is 0. The van der Waals surface area contributed by atoms with Crippen LogP contribution < -0.4 is 0 Å². The molecule has 40 heavy (non-hydrogen) atoms. The fourth-order valence-electron chi connectivity index (χ4n) is 5.45. The van der Waals surface area contributed by atoms with Crippen molar-refractivity contribution in [3.63, 3.8) is 0 Å². The van der Waals surface area contributed by atoms with Gasteiger partial charge in [-0.15, -0.1) is 23.7 Å². The van der Waals surface area contributed by atoms with Gasteiger partial charge in [0, 0.05) is 25.7 Å². The first kappa shape index (κ1) is 39.1. The summed E-state index contributed by atoms with van der Waals surface area (Å²) in [4.78, 5) is 0. The van der Waals surface area contributed by atoms with Crippen molar-refractivity contribution in [2.75, 3.05) is 0 Å². The van der Waals surface area contributed by atoms with Crippen molar-refractivity contribution in [2.24, 2.45) is 0 Å². The van der Waals surface area contributed by atoms with E-state index < -0.39 is 0 Å². The molecule has 0 fully saturated rings. The Morgan fingerprint density at radius 1 is 0.200 bits per heavy atom. The summed E-state index contributed by atoms with van der Waals surface area (Å²) >= 11 is 0. The van der Waals surface area contributed by atoms with Crippen LogP contribution >= 0.6 is 0 Å². The van der Waals surface area contributed by atoms with Gasteiger partial charge in [-0.25, -0.2) is 0 Å². The van der Waals surface area contributed by atoms with Gasteiger partial charge < -0.3 is 0 Å². The van der Waals surface area contributed by atoms with Crippen LogP contribution in [0.5, 0.6) is 0 Å². The van der Waals surface area contributed by atoms with E-state index in [0.29, 0.717) is 0 Å². The number of unbranched alkanes of at least 4 members (excludes halogenated alkanes) is 31. The van der Waals surface area contributed by atoms with Gasteiger partial charge in [-0.3, -0.25) is 0 Å². The van der Waals surface area contributed by atoms with Gasteiger partial charge in [0.05, 0.1) is 0 Å². The van der Waals surface area contributed by atoms with Crippen LogP contribution in [0.4, 0.5) is 0 Å². The van der Waals surface area contributed by atoms with E-state index in [9.17, 15) is 0 Å². The molecule has 0 rings (SSSR count). The second kappa shape index (κ2) is 38.1. The summed E-state index contributed by atoms with van der Waals surface area (Å²) in [7, 11) is 0. The summed E-state index contributed by atoms with van der Waals surface area (Å²) < 4.78 is 0. The molecule has 0 heteroatoms. The summed E-state index contributed by atoms with van der Waals surface area (Å²) in [5, 5.41) is 0. The molecule has 0 nitrogen and oxygen atoms in total. The highest BCUT2D eigenvalue weighted by Gasteiger charge is 1.95. The predicted molar refractivity (Wildman–Crippen MR) is 183 cm³/mol. The molecule has 0 bridgehead atoms. The molecule has 2 radical (unpaired) electrons. The summed E-state index contributed by atoms with van der Waals surface area (Å²) in [6.07, 6.45) is 45.6. The van der Waals surface area contributed by atoms with Gasteiger partial charge in [0.1, 0.15) is 0 Å². The van der Waals surface area contributed by atoms with Gasteiger partial charge in [0.15, 0.2) is 0 Å². The summed E-state index contributed by atoms with van der Waals surface area (Å²) in [5.74, 6) is 13.6. The standard InChI is InChI=1S/C40H72/c1-3-5-7-9-11-13-15-17-19-21-23-25-27-29-31-33-35-37-39-40-38-36-34-32-30-28-26-24-22-20-18-16-14-12-10-8-6-4-2/h1-19,24-40H2. The maximum Gasteiger partial charge on any atom is 0.00886 e. The Balaban J connectivity index is 3.13. The first-order chi connectivity index (χ1) is 19.9. The second-order valence-electron chi connectivity index (χ2n) is 12.3. The normalized spacial score (nSPS) is 10.8. The number of hydrogen-bond acceptors (Lipinski definition) is 0. The van der Waals surface area contributed by atoms with E-state index >= 15 is 0 Å². The molecule has 0 aliphatic carbocycles. The van der Waals surface area contributed by atoms with Crippen LogP contribution in [0.15, 0.2) is 0 Å². The van der Waals surface area contributed by atoms with Crippen molar-refractivity contribution >= 4 is 0 Å². The lowest BCUT2D eigenvalue weighted by molar-refractivity contribution is 0.532. The molecule has 0 spiro atoms. The second-order valence-corrected chi connectivity index (χ2v) is 12.3. The summed E-state index contributed by atoms with van der Waals surface area (Å²) in [5.41, 5.74) is 0. The average molecular weight is 553 g/mol. The fraction of sp³-hybridized carbons (Fsp3) is 0.850. The van der Waals surface area contributed by atoms with E-state index in [4.69, 9.17) is 0 Å². The fourth-order valence-corrected chi connectivity index (χ4v) is 5.45. The van der Waals surface area contributed by atoms with Crippen LogP contribution in [0, 0.1) is 37.5 Å². The molecule has 0 atom stereocenters. The van der Waals surface area contributed by atoms with Gasteiger partial charge in [-0.2, -0.15) is 0 Å². The van der Waals surface area contributed by atoms with Crippen molar-refractivity contribution in [1.29, 1.82) is 0 Å². The Kier molecular flexibility index (Phi) is 37.3. The zero-order valence-electron chi connectivity index (χ0n) is 27.5. The van der Waals surface area contributed by atoms with Gasteiger partial charge >= 0.3 is 0 Å². The van der Waals surface area contributed by atoms with Crippen molar-refractivity contribution in [3.05, 3.63) is 13.8 Å². The van der Waals surface area contributed by atoms with E-state index in [0.717, 1.165) is 38.5 Å². The zero-order chi connectivity index (χ0) is 28.9. The third-order valence-corrected chi connectivity index (χ3v) is 8.21. The Bertz CT molecular complexity index is 564. The van der Waals surface area contributed by atoms with Gasteiger partial charge in [-0.05, 0) is 25.7 Å².